The van der Waals surface area contributed by atoms with Gasteiger partial charge in [0.25, 0.3) is 0 Å². The lowest BCUT2D eigenvalue weighted by Gasteiger charge is -2.38. The topological polar surface area (TPSA) is 76.1 Å². The molecule has 2 N–H and O–H groups in total. The number of amides is 4. The Morgan fingerprint density at radius 1 is 1.02 bits per heavy atom. The molecule has 222 valence electrons. The van der Waals surface area contributed by atoms with Gasteiger partial charge in [0.15, 0.2) is 6.17 Å². The van der Waals surface area contributed by atoms with Crippen LogP contribution in [0.15, 0.2) is 60.2 Å². The number of rotatable bonds is 6. The number of anilines is 2. The Kier molecular flexibility index (Phi) is 8.30. The maximum atomic E-state index is 13.8. The van der Waals surface area contributed by atoms with E-state index in [0.717, 1.165) is 66.5 Å². The van der Waals surface area contributed by atoms with Gasteiger partial charge in [0.1, 0.15) is 0 Å². The summed E-state index contributed by atoms with van der Waals surface area (Å²) in [4.78, 5) is 29.2. The molecule has 1 saturated heterocycles. The summed E-state index contributed by atoms with van der Waals surface area (Å²) in [6, 6.07) is 5.65. The van der Waals surface area contributed by atoms with Gasteiger partial charge >= 0.3 is 24.4 Å². The predicted octanol–water partition coefficient (Wildman–Crippen LogP) is 7.88. The maximum absolute atomic E-state index is 13.8. The van der Waals surface area contributed by atoms with Gasteiger partial charge in [-0.2, -0.15) is 31.4 Å². The van der Waals surface area contributed by atoms with Gasteiger partial charge in [-0.05, 0) is 82.3 Å². The number of urea groups is 2. The monoisotopic (exact) mass is 584 g/mol. The van der Waals surface area contributed by atoms with E-state index >= 15 is 0 Å². The summed E-state index contributed by atoms with van der Waals surface area (Å²) in [5.41, 5.74) is -2.77. The van der Waals surface area contributed by atoms with Gasteiger partial charge in [0.05, 0.1) is 16.7 Å². The number of hydroxylamine groups is 2. The first kappa shape index (κ1) is 30.2. The van der Waals surface area contributed by atoms with Crippen LogP contribution in [-0.4, -0.2) is 45.5 Å². The van der Waals surface area contributed by atoms with Crippen LogP contribution in [0.1, 0.15) is 57.1 Å². The third-order valence-electron chi connectivity index (χ3n) is 7.38. The highest BCUT2D eigenvalue weighted by Crippen LogP contribution is 2.40. The number of alkyl halides is 6. The van der Waals surface area contributed by atoms with E-state index in [0.29, 0.717) is 12.5 Å². The molecule has 4 amide bonds. The number of benzene rings is 2. The van der Waals surface area contributed by atoms with Crippen LogP contribution in [0.4, 0.5) is 47.3 Å². The fourth-order valence-corrected chi connectivity index (χ4v) is 5.26. The molecule has 2 aromatic rings. The third-order valence-corrected chi connectivity index (χ3v) is 7.38. The molecule has 2 aromatic carbocycles. The zero-order valence-electron chi connectivity index (χ0n) is 22.4. The summed E-state index contributed by atoms with van der Waals surface area (Å²) >= 11 is 0. The lowest BCUT2D eigenvalue weighted by atomic mass is 9.95. The maximum Gasteiger partial charge on any atom is 0.416 e. The molecule has 2 aliphatic rings. The van der Waals surface area contributed by atoms with E-state index in [1.807, 2.05) is 0 Å². The Bertz CT molecular complexity index is 1320. The second-order valence-electron chi connectivity index (χ2n) is 10.6. The Morgan fingerprint density at radius 3 is 2.27 bits per heavy atom. The van der Waals surface area contributed by atoms with E-state index in [9.17, 15) is 41.1 Å². The Morgan fingerprint density at radius 2 is 1.66 bits per heavy atom. The smallest absolute Gasteiger partial charge is 0.315 e. The Hall–Kier alpha value is -3.74. The molecule has 0 aromatic heterocycles. The molecule has 13 heteroatoms. The summed E-state index contributed by atoms with van der Waals surface area (Å²) in [6.07, 6.45) is -4.53. The molecular weight excluding hydrogens is 554 g/mol. The molecule has 0 spiro atoms. The number of hydrogen-bond donors (Lipinski definition) is 2. The van der Waals surface area contributed by atoms with E-state index in [2.05, 4.69) is 11.4 Å². The van der Waals surface area contributed by atoms with Crippen LogP contribution in [0, 0.1) is 0 Å². The molecule has 4 rings (SSSR count). The molecule has 41 heavy (non-hydrogen) atoms. The molecule has 0 saturated carbocycles. The van der Waals surface area contributed by atoms with Gasteiger partial charge in [-0.3, -0.25) is 10.1 Å². The molecule has 1 fully saturated rings. The number of hydrogen-bond acceptors (Lipinski definition) is 3. The summed E-state index contributed by atoms with van der Waals surface area (Å²) in [6.45, 7) is 3.28. The molecule has 1 unspecified atom stereocenters. The summed E-state index contributed by atoms with van der Waals surface area (Å²) in [5, 5.41) is 13.4. The van der Waals surface area contributed by atoms with Crippen molar-refractivity contribution in [3.05, 3.63) is 71.3 Å². The van der Waals surface area contributed by atoms with Crippen molar-refractivity contribution in [3.8, 4) is 0 Å². The lowest BCUT2D eigenvalue weighted by molar-refractivity contribution is -0.138. The highest BCUT2D eigenvalue weighted by molar-refractivity contribution is 5.98. The quantitative estimate of drug-likeness (QED) is 0.157. The fourth-order valence-electron chi connectivity index (χ4n) is 5.26. The van der Waals surface area contributed by atoms with Gasteiger partial charge in [-0.1, -0.05) is 23.8 Å². The van der Waals surface area contributed by atoms with Crippen molar-refractivity contribution in [2.45, 2.75) is 70.0 Å². The zero-order valence-corrected chi connectivity index (χ0v) is 22.4. The standard InChI is InChI=1S/C28H30F6N4O3/c1-26(2)23(38(41)24(39)35-21-12-6-10-19(16-21)27(29,30)31)37(22-13-7-11-20(17-22)28(32,33)34)25(40)36(26)15-14-18-8-4-3-5-9-18/h6-8,10-13,16-17,23,41H,3-5,9,14-15H2,1-2H3,(H,35,39). The Balaban J connectivity index is 1.68. The minimum atomic E-state index is -4.73. The van der Waals surface area contributed by atoms with Gasteiger partial charge < -0.3 is 10.2 Å². The molecule has 1 heterocycles. The van der Waals surface area contributed by atoms with Crippen molar-refractivity contribution >= 4 is 23.4 Å². The summed E-state index contributed by atoms with van der Waals surface area (Å²) in [5.74, 6) is 0. The van der Waals surface area contributed by atoms with Crippen molar-refractivity contribution in [1.29, 1.82) is 0 Å². The van der Waals surface area contributed by atoms with Crippen molar-refractivity contribution in [3.63, 3.8) is 0 Å². The predicted molar refractivity (Wildman–Crippen MR) is 139 cm³/mol. The first-order chi connectivity index (χ1) is 19.1. The van der Waals surface area contributed by atoms with Crippen molar-refractivity contribution in [2.75, 3.05) is 16.8 Å². The van der Waals surface area contributed by atoms with Crippen LogP contribution in [-0.2, 0) is 12.4 Å². The molecule has 0 bridgehead atoms. The SMILES string of the molecule is CC1(C)C(N(O)C(=O)Nc2cccc(C(F)(F)F)c2)N(c2cccc(C(F)(F)F)c2)C(=O)N1CCC1=CCCCC1. The number of allylic oxidation sites excluding steroid dienone is 1. The number of halogens is 6. The van der Waals surface area contributed by atoms with Crippen LogP contribution in [0.2, 0.25) is 0 Å². The van der Waals surface area contributed by atoms with Gasteiger partial charge in [-0.25, -0.2) is 9.59 Å². The number of nitrogens with one attached hydrogen (secondary N) is 1. The molecule has 0 radical (unpaired) electrons. The molecule has 1 atom stereocenters. The average molecular weight is 585 g/mol. The minimum absolute atomic E-state index is 0.137. The van der Waals surface area contributed by atoms with E-state index in [1.54, 1.807) is 13.8 Å². The van der Waals surface area contributed by atoms with E-state index < -0.39 is 47.2 Å². The molecule has 1 aliphatic heterocycles. The van der Waals surface area contributed by atoms with Crippen molar-refractivity contribution < 1.29 is 41.1 Å². The van der Waals surface area contributed by atoms with Crippen LogP contribution >= 0.6 is 0 Å². The highest BCUT2D eigenvalue weighted by Gasteiger charge is 2.56. The van der Waals surface area contributed by atoms with E-state index in [-0.39, 0.29) is 23.0 Å². The molecule has 7 nitrogen and oxygen atoms in total. The van der Waals surface area contributed by atoms with Crippen molar-refractivity contribution in [2.24, 2.45) is 0 Å². The average Bonchev–Trinajstić information content (AvgIpc) is 3.11. The highest BCUT2D eigenvalue weighted by atomic mass is 19.4. The third kappa shape index (κ3) is 6.45. The molecule has 1 aliphatic carbocycles. The second kappa shape index (κ2) is 11.3. The second-order valence-corrected chi connectivity index (χ2v) is 10.6. The molecular formula is C28H30F6N4O3. The Labute approximate surface area is 233 Å². The number of nitrogens with zero attached hydrogens (tertiary/aromatic N) is 3. The van der Waals surface area contributed by atoms with Gasteiger partial charge in [0.2, 0.25) is 0 Å². The number of carbonyl (C=O) groups is 2. The van der Waals surface area contributed by atoms with E-state index in [4.69, 9.17) is 0 Å². The number of carbonyl (C=O) groups excluding carboxylic acids is 2. The zero-order chi connectivity index (χ0) is 30.2. The lowest BCUT2D eigenvalue weighted by Crippen LogP contribution is -2.58. The van der Waals surface area contributed by atoms with Gasteiger partial charge in [-0.15, -0.1) is 0 Å². The summed E-state index contributed by atoms with van der Waals surface area (Å²) in [7, 11) is 0. The van der Waals surface area contributed by atoms with E-state index in [1.165, 1.54) is 17.0 Å². The van der Waals surface area contributed by atoms with Crippen LogP contribution in [0.3, 0.4) is 0 Å². The van der Waals surface area contributed by atoms with Crippen LogP contribution in [0.5, 0.6) is 0 Å². The van der Waals surface area contributed by atoms with Gasteiger partial charge in [0, 0.05) is 17.9 Å². The first-order valence-corrected chi connectivity index (χ1v) is 13.0. The summed E-state index contributed by atoms with van der Waals surface area (Å²) < 4.78 is 80.0. The van der Waals surface area contributed by atoms with Crippen molar-refractivity contribution in [1.82, 2.24) is 9.96 Å². The largest absolute Gasteiger partial charge is 0.416 e. The first-order valence-electron chi connectivity index (χ1n) is 13.0. The van der Waals surface area contributed by atoms with Crippen LogP contribution < -0.4 is 10.2 Å². The fraction of sp³-hybridized carbons (Fsp3) is 0.429. The van der Waals surface area contributed by atoms with Crippen LogP contribution in [0.25, 0.3) is 0 Å². The normalized spacial score (nSPS) is 19.3. The minimum Gasteiger partial charge on any atom is -0.315 e.